The zero-order valence-electron chi connectivity index (χ0n) is 15.2. The van der Waals surface area contributed by atoms with E-state index >= 15 is 0 Å². The Morgan fingerprint density at radius 3 is 2.57 bits per heavy atom. The molecular weight excluding hydrogens is 361 g/mol. The van der Waals surface area contributed by atoms with Crippen LogP contribution in [0.4, 0.5) is 16.0 Å². The Morgan fingerprint density at radius 2 is 1.89 bits per heavy atom. The summed E-state index contributed by atoms with van der Waals surface area (Å²) in [4.78, 5) is 21.6. The highest BCUT2D eigenvalue weighted by atomic mass is 19.1. The molecule has 4 aromatic rings. The summed E-state index contributed by atoms with van der Waals surface area (Å²) < 4.78 is 18.4. The molecule has 2 aromatic heterocycles. The van der Waals surface area contributed by atoms with Crippen molar-refractivity contribution in [1.29, 1.82) is 0 Å². The third kappa shape index (κ3) is 3.39. The van der Waals surface area contributed by atoms with E-state index in [9.17, 15) is 9.18 Å². The molecule has 0 aliphatic carbocycles. The van der Waals surface area contributed by atoms with Gasteiger partial charge in [-0.05, 0) is 43.3 Å². The van der Waals surface area contributed by atoms with Gasteiger partial charge in [0.25, 0.3) is 0 Å². The molecule has 2 heterocycles. The number of benzene rings is 2. The highest BCUT2D eigenvalue weighted by Crippen LogP contribution is 2.27. The van der Waals surface area contributed by atoms with Gasteiger partial charge in [0.2, 0.25) is 11.6 Å². The van der Waals surface area contributed by atoms with E-state index in [4.69, 9.17) is 4.74 Å². The van der Waals surface area contributed by atoms with Crippen molar-refractivity contribution in [2.75, 3.05) is 12.4 Å². The van der Waals surface area contributed by atoms with Crippen molar-refractivity contribution in [3.8, 4) is 5.75 Å². The fraction of sp³-hybridized carbons (Fsp3) is 0.100. The number of hydrogen-bond donors (Lipinski definition) is 2. The number of hydrogen-bond acceptors (Lipinski definition) is 6. The van der Waals surface area contributed by atoms with Gasteiger partial charge in [-0.15, -0.1) is 0 Å². The number of aromatic nitrogens is 4. The van der Waals surface area contributed by atoms with Gasteiger partial charge in [0.1, 0.15) is 17.4 Å². The molecule has 0 aliphatic rings. The predicted octanol–water partition coefficient (Wildman–Crippen LogP) is 3.78. The number of anilines is 2. The number of ether oxygens (including phenoxy) is 1. The lowest BCUT2D eigenvalue weighted by atomic mass is 10.1. The number of carbonyl (C=O) groups is 1. The standard InChI is InChI=1S/C20H16FN5O2/c1-11-9-17(26-25-11)23-19-15-8-7-14(28-2)10-16(15)22-20(24-19)18(27)12-3-5-13(21)6-4-12/h3-10H,1-2H3,(H2,22,23,24,25,26). The van der Waals surface area contributed by atoms with Crippen molar-refractivity contribution in [3.05, 3.63) is 71.4 Å². The van der Waals surface area contributed by atoms with E-state index in [0.717, 1.165) is 5.69 Å². The highest BCUT2D eigenvalue weighted by Gasteiger charge is 2.17. The van der Waals surface area contributed by atoms with Crippen LogP contribution in [0, 0.1) is 12.7 Å². The normalized spacial score (nSPS) is 10.8. The Kier molecular flexibility index (Phi) is 4.44. The molecule has 0 bridgehead atoms. The van der Waals surface area contributed by atoms with E-state index in [2.05, 4.69) is 25.5 Å². The summed E-state index contributed by atoms with van der Waals surface area (Å²) in [6.45, 7) is 1.88. The molecule has 8 heteroatoms. The number of ketones is 1. The van der Waals surface area contributed by atoms with Gasteiger partial charge in [0.05, 0.1) is 12.6 Å². The van der Waals surface area contributed by atoms with Gasteiger partial charge in [-0.3, -0.25) is 9.89 Å². The van der Waals surface area contributed by atoms with Gasteiger partial charge < -0.3 is 10.1 Å². The Hall–Kier alpha value is -3.81. The van der Waals surface area contributed by atoms with Gasteiger partial charge in [-0.1, -0.05) is 0 Å². The Balaban J connectivity index is 1.83. The Bertz CT molecular complexity index is 1170. The summed E-state index contributed by atoms with van der Waals surface area (Å²) in [6.07, 6.45) is 0. The number of rotatable bonds is 5. The van der Waals surface area contributed by atoms with Crippen molar-refractivity contribution < 1.29 is 13.9 Å². The van der Waals surface area contributed by atoms with Crippen LogP contribution < -0.4 is 10.1 Å². The number of nitrogens with zero attached hydrogens (tertiary/aromatic N) is 3. The lowest BCUT2D eigenvalue weighted by Gasteiger charge is -2.10. The summed E-state index contributed by atoms with van der Waals surface area (Å²) in [7, 11) is 1.55. The molecule has 0 amide bonds. The minimum absolute atomic E-state index is 0.0119. The summed E-state index contributed by atoms with van der Waals surface area (Å²) in [6, 6.07) is 12.4. The molecule has 2 aromatic carbocycles. The first kappa shape index (κ1) is 17.6. The summed E-state index contributed by atoms with van der Waals surface area (Å²) in [5.41, 5.74) is 1.71. The molecule has 7 nitrogen and oxygen atoms in total. The third-order valence-electron chi connectivity index (χ3n) is 4.17. The predicted molar refractivity (Wildman–Crippen MR) is 103 cm³/mol. The van der Waals surface area contributed by atoms with E-state index < -0.39 is 11.6 Å². The molecule has 2 N–H and O–H groups in total. The molecular formula is C20H16FN5O2. The molecule has 0 atom stereocenters. The van der Waals surface area contributed by atoms with E-state index in [0.29, 0.717) is 33.9 Å². The fourth-order valence-corrected chi connectivity index (χ4v) is 2.77. The number of halogens is 1. The number of aryl methyl sites for hydroxylation is 1. The molecule has 0 spiro atoms. The first-order chi connectivity index (χ1) is 13.5. The monoisotopic (exact) mass is 377 g/mol. The molecule has 0 aliphatic heterocycles. The minimum atomic E-state index is -0.419. The molecule has 0 unspecified atom stereocenters. The summed E-state index contributed by atoms with van der Waals surface area (Å²) in [5.74, 6) is 0.760. The molecule has 28 heavy (non-hydrogen) atoms. The number of nitrogens with one attached hydrogen (secondary N) is 2. The van der Waals surface area contributed by atoms with Crippen LogP contribution in [0.1, 0.15) is 21.9 Å². The largest absolute Gasteiger partial charge is 0.497 e. The molecule has 0 saturated heterocycles. The number of H-pyrrole nitrogens is 1. The second kappa shape index (κ2) is 7.07. The van der Waals surface area contributed by atoms with Crippen LogP contribution in [-0.4, -0.2) is 33.1 Å². The first-order valence-corrected chi connectivity index (χ1v) is 8.48. The second-order valence-corrected chi connectivity index (χ2v) is 6.18. The van der Waals surface area contributed by atoms with Crippen LogP contribution in [0.3, 0.4) is 0 Å². The van der Waals surface area contributed by atoms with Crippen molar-refractivity contribution >= 4 is 28.3 Å². The molecule has 0 saturated carbocycles. The topological polar surface area (TPSA) is 92.8 Å². The van der Waals surface area contributed by atoms with Gasteiger partial charge in [-0.2, -0.15) is 5.10 Å². The lowest BCUT2D eigenvalue weighted by Crippen LogP contribution is -2.10. The number of carbonyl (C=O) groups excluding carboxylic acids is 1. The summed E-state index contributed by atoms with van der Waals surface area (Å²) in [5, 5.41) is 10.8. The van der Waals surface area contributed by atoms with E-state index in [-0.39, 0.29) is 5.82 Å². The number of methoxy groups -OCH3 is 1. The van der Waals surface area contributed by atoms with Crippen LogP contribution in [0.5, 0.6) is 5.75 Å². The third-order valence-corrected chi connectivity index (χ3v) is 4.17. The van der Waals surface area contributed by atoms with Crippen LogP contribution in [-0.2, 0) is 0 Å². The maximum atomic E-state index is 13.2. The van der Waals surface area contributed by atoms with E-state index in [1.807, 2.05) is 19.1 Å². The van der Waals surface area contributed by atoms with Crippen molar-refractivity contribution in [2.45, 2.75) is 6.92 Å². The molecule has 0 fully saturated rings. The maximum absolute atomic E-state index is 13.2. The average molecular weight is 377 g/mol. The van der Waals surface area contributed by atoms with Crippen LogP contribution >= 0.6 is 0 Å². The van der Waals surface area contributed by atoms with Crippen molar-refractivity contribution in [3.63, 3.8) is 0 Å². The molecule has 0 radical (unpaired) electrons. The smallest absolute Gasteiger partial charge is 0.230 e. The van der Waals surface area contributed by atoms with Gasteiger partial charge >= 0.3 is 0 Å². The zero-order valence-corrected chi connectivity index (χ0v) is 15.2. The van der Waals surface area contributed by atoms with Crippen molar-refractivity contribution in [2.24, 2.45) is 0 Å². The van der Waals surface area contributed by atoms with Crippen LogP contribution in [0.25, 0.3) is 10.9 Å². The highest BCUT2D eigenvalue weighted by molar-refractivity contribution is 6.08. The minimum Gasteiger partial charge on any atom is -0.497 e. The number of aromatic amines is 1. The zero-order chi connectivity index (χ0) is 19.7. The van der Waals surface area contributed by atoms with E-state index in [1.54, 1.807) is 19.2 Å². The van der Waals surface area contributed by atoms with Gasteiger partial charge in [0, 0.05) is 28.8 Å². The quantitative estimate of drug-likeness (QED) is 0.514. The van der Waals surface area contributed by atoms with Crippen molar-refractivity contribution in [1.82, 2.24) is 20.2 Å². The van der Waals surface area contributed by atoms with Gasteiger partial charge in [0.15, 0.2) is 5.82 Å². The van der Waals surface area contributed by atoms with Gasteiger partial charge in [-0.25, -0.2) is 14.4 Å². The maximum Gasteiger partial charge on any atom is 0.230 e. The van der Waals surface area contributed by atoms with Crippen LogP contribution in [0.15, 0.2) is 48.5 Å². The first-order valence-electron chi connectivity index (χ1n) is 8.48. The lowest BCUT2D eigenvalue weighted by molar-refractivity contribution is 0.103. The number of fused-ring (bicyclic) bond motifs is 1. The summed E-state index contributed by atoms with van der Waals surface area (Å²) >= 11 is 0. The second-order valence-electron chi connectivity index (χ2n) is 6.18. The molecule has 4 rings (SSSR count). The fourth-order valence-electron chi connectivity index (χ4n) is 2.77. The van der Waals surface area contributed by atoms with Crippen LogP contribution in [0.2, 0.25) is 0 Å². The Morgan fingerprint density at radius 1 is 1.11 bits per heavy atom. The van der Waals surface area contributed by atoms with E-state index in [1.165, 1.54) is 24.3 Å². The Labute approximate surface area is 159 Å². The average Bonchev–Trinajstić information content (AvgIpc) is 3.12. The molecule has 140 valence electrons. The SMILES string of the molecule is COc1ccc2c(Nc3cc(C)[nH]n3)nc(C(=O)c3ccc(F)cc3)nc2c1.